The van der Waals surface area contributed by atoms with Crippen LogP contribution in [0.15, 0.2) is 78.9 Å². The van der Waals surface area contributed by atoms with Crippen molar-refractivity contribution in [3.63, 3.8) is 0 Å². The first-order valence-corrected chi connectivity index (χ1v) is 12.2. The molecule has 0 unspecified atom stereocenters. The minimum Gasteiger partial charge on any atom is -0.484 e. The van der Waals surface area contributed by atoms with Crippen LogP contribution >= 0.6 is 0 Å². The van der Waals surface area contributed by atoms with Gasteiger partial charge in [0.05, 0.1) is 5.56 Å². The third-order valence-corrected chi connectivity index (χ3v) is 6.68. The molecule has 2 heterocycles. The van der Waals surface area contributed by atoms with Crippen LogP contribution in [0.1, 0.15) is 10.4 Å². The summed E-state index contributed by atoms with van der Waals surface area (Å²) in [5.74, 6) is -0.530. The lowest BCUT2D eigenvalue weighted by atomic mass is 10.2. The molecule has 0 atom stereocenters. The van der Waals surface area contributed by atoms with Crippen LogP contribution in [-0.4, -0.2) is 73.8 Å². The molecule has 1 N–H and O–H groups in total. The van der Waals surface area contributed by atoms with Gasteiger partial charge in [-0.1, -0.05) is 24.3 Å². The van der Waals surface area contributed by atoms with Crippen LogP contribution in [0, 0.1) is 0 Å². The Morgan fingerprint density at radius 1 is 0.730 bits per heavy atom. The molecule has 3 amide bonds. The molecule has 2 fully saturated rings. The number of anilines is 3. The van der Waals surface area contributed by atoms with Crippen LogP contribution in [0.25, 0.3) is 0 Å². The van der Waals surface area contributed by atoms with Crippen molar-refractivity contribution in [3.05, 3.63) is 84.4 Å². The average Bonchev–Trinajstić information content (AvgIpc) is 3.33. The summed E-state index contributed by atoms with van der Waals surface area (Å²) < 4.78 is 5.73. The maximum absolute atomic E-state index is 13.0. The summed E-state index contributed by atoms with van der Waals surface area (Å²) in [5.41, 5.74) is 2.56. The Balaban J connectivity index is 1.13. The number of carbonyl (C=O) groups is 3. The smallest absolute Gasteiger partial charge is 0.335 e. The van der Waals surface area contributed by atoms with E-state index in [0.717, 1.165) is 13.1 Å². The number of para-hydroxylation sites is 1. The summed E-state index contributed by atoms with van der Waals surface area (Å²) in [5, 5.41) is 9.23. The van der Waals surface area contributed by atoms with E-state index < -0.39 is 5.97 Å². The number of piperazine rings is 1. The summed E-state index contributed by atoms with van der Waals surface area (Å²) in [4.78, 5) is 44.2. The van der Waals surface area contributed by atoms with E-state index in [9.17, 15) is 19.5 Å². The van der Waals surface area contributed by atoms with Crippen molar-refractivity contribution < 1.29 is 24.2 Å². The van der Waals surface area contributed by atoms with E-state index in [1.165, 1.54) is 17.8 Å². The topological polar surface area (TPSA) is 93.6 Å². The minimum atomic E-state index is -1.03. The van der Waals surface area contributed by atoms with E-state index in [-0.39, 0.29) is 24.1 Å². The van der Waals surface area contributed by atoms with Gasteiger partial charge in [-0.2, -0.15) is 0 Å². The molecule has 9 nitrogen and oxygen atoms in total. The molecule has 2 aliphatic heterocycles. The highest BCUT2D eigenvalue weighted by molar-refractivity contribution is 6.06. The number of aromatic carboxylic acids is 1. The molecular weight excluding hydrogens is 472 g/mol. The monoisotopic (exact) mass is 500 g/mol. The van der Waals surface area contributed by atoms with Gasteiger partial charge in [-0.05, 0) is 54.6 Å². The van der Waals surface area contributed by atoms with Crippen molar-refractivity contribution in [1.29, 1.82) is 0 Å². The van der Waals surface area contributed by atoms with Gasteiger partial charge in [0.15, 0.2) is 6.61 Å². The van der Waals surface area contributed by atoms with Crippen molar-refractivity contribution >= 4 is 35.0 Å². The zero-order valence-electron chi connectivity index (χ0n) is 20.3. The Hall–Kier alpha value is -4.53. The van der Waals surface area contributed by atoms with E-state index in [1.807, 2.05) is 23.1 Å². The Morgan fingerprint density at radius 3 is 2.05 bits per heavy atom. The number of nitrogens with zero attached hydrogens (tertiary/aromatic N) is 4. The van der Waals surface area contributed by atoms with Gasteiger partial charge >= 0.3 is 12.0 Å². The van der Waals surface area contributed by atoms with Crippen molar-refractivity contribution in [2.24, 2.45) is 0 Å². The number of hydrogen-bond donors (Lipinski definition) is 1. The molecule has 0 aliphatic carbocycles. The number of carboxylic acid groups (broad SMARTS) is 1. The van der Waals surface area contributed by atoms with Crippen LogP contribution < -0.4 is 19.4 Å². The van der Waals surface area contributed by atoms with Crippen molar-refractivity contribution in [2.75, 3.05) is 60.6 Å². The number of ether oxygens (including phenoxy) is 1. The maximum atomic E-state index is 13.0. The molecule has 2 aliphatic rings. The predicted molar refractivity (Wildman–Crippen MR) is 141 cm³/mol. The number of hydrogen-bond acceptors (Lipinski definition) is 5. The molecule has 190 valence electrons. The number of amides is 3. The molecule has 5 rings (SSSR count). The largest absolute Gasteiger partial charge is 0.484 e. The van der Waals surface area contributed by atoms with E-state index in [4.69, 9.17) is 4.74 Å². The normalized spacial score (nSPS) is 15.7. The van der Waals surface area contributed by atoms with Gasteiger partial charge in [-0.3, -0.25) is 14.6 Å². The van der Waals surface area contributed by atoms with Crippen molar-refractivity contribution in [1.82, 2.24) is 4.90 Å². The van der Waals surface area contributed by atoms with E-state index >= 15 is 0 Å². The SMILES string of the molecule is O=C(O)c1cccc(N2CCN(c3ccc(OCC(=O)N4CCN(c5ccccc5)CC4)cc3)C2=O)c1. The number of benzene rings is 3. The molecule has 2 saturated heterocycles. The van der Waals surface area contributed by atoms with Gasteiger partial charge in [-0.15, -0.1) is 0 Å². The van der Waals surface area contributed by atoms with Crippen LogP contribution in [0.2, 0.25) is 0 Å². The number of urea groups is 1. The molecule has 3 aromatic carbocycles. The molecule has 3 aromatic rings. The zero-order valence-corrected chi connectivity index (χ0v) is 20.3. The lowest BCUT2D eigenvalue weighted by Gasteiger charge is -2.36. The number of carboxylic acids is 1. The second-order valence-electron chi connectivity index (χ2n) is 8.93. The molecular formula is C28H28N4O5. The van der Waals surface area contributed by atoms with Crippen molar-refractivity contribution in [2.45, 2.75) is 0 Å². The molecule has 0 bridgehead atoms. The van der Waals surface area contributed by atoms with Gasteiger partial charge in [-0.25, -0.2) is 9.59 Å². The van der Waals surface area contributed by atoms with Crippen LogP contribution in [0.3, 0.4) is 0 Å². The molecule has 37 heavy (non-hydrogen) atoms. The van der Waals surface area contributed by atoms with Crippen LogP contribution in [0.5, 0.6) is 5.75 Å². The van der Waals surface area contributed by atoms with E-state index in [2.05, 4.69) is 17.0 Å². The highest BCUT2D eigenvalue weighted by Gasteiger charge is 2.31. The Labute approximate surface area is 215 Å². The van der Waals surface area contributed by atoms with Gasteiger partial charge in [0.1, 0.15) is 5.75 Å². The quantitative estimate of drug-likeness (QED) is 0.533. The first kappa shape index (κ1) is 24.2. The fourth-order valence-corrected chi connectivity index (χ4v) is 4.63. The Kier molecular flexibility index (Phi) is 6.93. The second-order valence-corrected chi connectivity index (χ2v) is 8.93. The number of carbonyl (C=O) groups excluding carboxylic acids is 2. The van der Waals surface area contributed by atoms with E-state index in [0.29, 0.717) is 43.3 Å². The average molecular weight is 501 g/mol. The Bertz CT molecular complexity index is 1270. The molecule has 0 radical (unpaired) electrons. The molecule has 0 saturated carbocycles. The lowest BCUT2D eigenvalue weighted by molar-refractivity contribution is -0.133. The van der Waals surface area contributed by atoms with Crippen LogP contribution in [0.4, 0.5) is 21.9 Å². The fraction of sp³-hybridized carbons (Fsp3) is 0.250. The van der Waals surface area contributed by atoms with Gasteiger partial charge in [0.2, 0.25) is 0 Å². The molecule has 0 spiro atoms. The third kappa shape index (κ3) is 5.35. The fourth-order valence-electron chi connectivity index (χ4n) is 4.63. The standard InChI is InChI=1S/C28H28N4O5/c33-26(30-15-13-29(14-16-30)22-6-2-1-3-7-22)20-37-25-11-9-23(10-12-25)31-17-18-32(28(31)36)24-8-4-5-21(19-24)27(34)35/h1-12,19H,13-18,20H2,(H,34,35). The summed E-state index contributed by atoms with van der Waals surface area (Å²) in [6.45, 7) is 3.76. The minimum absolute atomic E-state index is 0.0407. The first-order valence-electron chi connectivity index (χ1n) is 12.2. The summed E-state index contributed by atoms with van der Waals surface area (Å²) in [7, 11) is 0. The molecule has 9 heteroatoms. The van der Waals surface area contributed by atoms with Gasteiger partial charge in [0.25, 0.3) is 5.91 Å². The maximum Gasteiger partial charge on any atom is 0.335 e. The summed E-state index contributed by atoms with van der Waals surface area (Å²) in [6.07, 6.45) is 0. The predicted octanol–water partition coefficient (Wildman–Crippen LogP) is 3.56. The third-order valence-electron chi connectivity index (χ3n) is 6.68. The zero-order chi connectivity index (χ0) is 25.8. The first-order chi connectivity index (χ1) is 18.0. The van der Waals surface area contributed by atoms with Gasteiger partial charge in [0, 0.05) is 56.3 Å². The number of rotatable bonds is 7. The second kappa shape index (κ2) is 10.6. The summed E-state index contributed by atoms with van der Waals surface area (Å²) >= 11 is 0. The molecule has 0 aromatic heterocycles. The van der Waals surface area contributed by atoms with Crippen molar-refractivity contribution in [3.8, 4) is 5.75 Å². The van der Waals surface area contributed by atoms with Crippen LogP contribution in [-0.2, 0) is 4.79 Å². The summed E-state index contributed by atoms with van der Waals surface area (Å²) in [6, 6.07) is 23.4. The van der Waals surface area contributed by atoms with Gasteiger partial charge < -0.3 is 19.6 Å². The lowest BCUT2D eigenvalue weighted by Crippen LogP contribution is -2.50. The Morgan fingerprint density at radius 2 is 1.38 bits per heavy atom. The highest BCUT2D eigenvalue weighted by atomic mass is 16.5. The van der Waals surface area contributed by atoms with E-state index in [1.54, 1.807) is 46.2 Å². The highest BCUT2D eigenvalue weighted by Crippen LogP contribution is 2.27.